The van der Waals surface area contributed by atoms with E-state index < -0.39 is 12.1 Å². The number of carbonyl (C=O) groups excluding carboxylic acids is 1. The molecule has 0 unspecified atom stereocenters. The van der Waals surface area contributed by atoms with E-state index in [1.54, 1.807) is 17.4 Å². The van der Waals surface area contributed by atoms with Crippen LogP contribution in [0.25, 0.3) is 0 Å². The summed E-state index contributed by atoms with van der Waals surface area (Å²) in [5, 5.41) is 7.70. The molecule has 11 nitrogen and oxygen atoms in total. The third-order valence-electron chi connectivity index (χ3n) is 4.74. The molecule has 5 N–H and O–H groups in total. The highest BCUT2D eigenvalue weighted by Crippen LogP contribution is 2.37. The molecule has 1 heterocycles. The standard InChI is InChI=1S/C22H23F3N6O5/c1-33-15-6-5-11(28-20(32)22(23,24)25)7-13(15)29-19-18(36-4)10-27-21(31-19)30-14-8-12(26)16(34-2)9-17(14)35-3/h5-10H,26H2,1-4H3,(H,28,32)(H2,27,29,30,31). The zero-order valence-electron chi connectivity index (χ0n) is 19.6. The Hall–Kier alpha value is -4.62. The van der Waals surface area contributed by atoms with Gasteiger partial charge in [-0.1, -0.05) is 0 Å². The molecule has 1 aromatic heterocycles. The van der Waals surface area contributed by atoms with Crippen LogP contribution in [0, 0.1) is 0 Å². The Morgan fingerprint density at radius 1 is 0.861 bits per heavy atom. The summed E-state index contributed by atoms with van der Waals surface area (Å²) in [5.74, 6) is -0.551. The molecule has 36 heavy (non-hydrogen) atoms. The summed E-state index contributed by atoms with van der Waals surface area (Å²) in [5.41, 5.74) is 6.86. The largest absolute Gasteiger partial charge is 0.495 e. The molecule has 0 spiro atoms. The van der Waals surface area contributed by atoms with Gasteiger partial charge in [0, 0.05) is 11.8 Å². The van der Waals surface area contributed by atoms with Crippen LogP contribution < -0.4 is 40.6 Å². The third-order valence-corrected chi connectivity index (χ3v) is 4.74. The van der Waals surface area contributed by atoms with Crippen LogP contribution in [0.4, 0.5) is 47.7 Å². The predicted octanol–water partition coefficient (Wildman–Crippen LogP) is 4.08. The number of benzene rings is 2. The molecule has 3 aromatic rings. The molecule has 0 radical (unpaired) electrons. The van der Waals surface area contributed by atoms with Gasteiger partial charge in [0.1, 0.15) is 17.2 Å². The van der Waals surface area contributed by atoms with Crippen molar-refractivity contribution in [3.05, 3.63) is 36.5 Å². The molecular formula is C22H23F3N6O5. The fourth-order valence-electron chi connectivity index (χ4n) is 3.02. The summed E-state index contributed by atoms with van der Waals surface area (Å²) >= 11 is 0. The summed E-state index contributed by atoms with van der Waals surface area (Å²) < 4.78 is 59.1. The van der Waals surface area contributed by atoms with Gasteiger partial charge in [-0.05, 0) is 24.3 Å². The van der Waals surface area contributed by atoms with Crippen molar-refractivity contribution in [2.24, 2.45) is 0 Å². The van der Waals surface area contributed by atoms with Crippen molar-refractivity contribution >= 4 is 40.4 Å². The summed E-state index contributed by atoms with van der Waals surface area (Å²) in [4.78, 5) is 19.9. The number of hydrogen-bond acceptors (Lipinski definition) is 10. The quantitative estimate of drug-likeness (QED) is 0.312. The van der Waals surface area contributed by atoms with Crippen molar-refractivity contribution in [1.29, 1.82) is 0 Å². The molecule has 192 valence electrons. The van der Waals surface area contributed by atoms with Gasteiger partial charge in [-0.15, -0.1) is 0 Å². The highest BCUT2D eigenvalue weighted by atomic mass is 19.4. The topological polar surface area (TPSA) is 142 Å². The average Bonchev–Trinajstić information content (AvgIpc) is 2.84. The Labute approximate surface area is 203 Å². The Morgan fingerprint density at radius 2 is 1.50 bits per heavy atom. The van der Waals surface area contributed by atoms with E-state index in [9.17, 15) is 18.0 Å². The van der Waals surface area contributed by atoms with E-state index in [4.69, 9.17) is 24.7 Å². The maximum Gasteiger partial charge on any atom is 0.471 e. The fourth-order valence-corrected chi connectivity index (χ4v) is 3.02. The number of nitrogens with zero attached hydrogens (tertiary/aromatic N) is 2. The SMILES string of the molecule is COc1cc(OC)c(Nc2ncc(OC)c(Nc3cc(NC(=O)C(F)(F)F)ccc3OC)n2)cc1N. The molecule has 3 rings (SSSR count). The van der Waals surface area contributed by atoms with E-state index in [0.717, 1.165) is 0 Å². The van der Waals surface area contributed by atoms with Gasteiger partial charge >= 0.3 is 12.1 Å². The molecular weight excluding hydrogens is 485 g/mol. The number of alkyl halides is 3. The Kier molecular flexibility index (Phi) is 7.77. The van der Waals surface area contributed by atoms with E-state index in [0.29, 0.717) is 22.9 Å². The van der Waals surface area contributed by atoms with Gasteiger partial charge in [0.15, 0.2) is 11.6 Å². The second kappa shape index (κ2) is 10.8. The number of halogens is 3. The lowest BCUT2D eigenvalue weighted by Crippen LogP contribution is -2.29. The van der Waals surface area contributed by atoms with Gasteiger partial charge in [-0.25, -0.2) is 4.98 Å². The van der Waals surface area contributed by atoms with Gasteiger partial charge < -0.3 is 40.6 Å². The number of anilines is 6. The lowest BCUT2D eigenvalue weighted by molar-refractivity contribution is -0.167. The molecule has 0 fully saturated rings. The number of aromatic nitrogens is 2. The third kappa shape index (κ3) is 5.89. The van der Waals surface area contributed by atoms with Crippen LogP contribution in [0.2, 0.25) is 0 Å². The molecule has 14 heteroatoms. The number of rotatable bonds is 9. The molecule has 0 saturated carbocycles. The van der Waals surface area contributed by atoms with Crippen molar-refractivity contribution in [1.82, 2.24) is 9.97 Å². The first-order valence-electron chi connectivity index (χ1n) is 10.1. The van der Waals surface area contributed by atoms with E-state index in [-0.39, 0.29) is 34.6 Å². The van der Waals surface area contributed by atoms with E-state index in [1.807, 2.05) is 0 Å². The number of methoxy groups -OCH3 is 4. The number of nitrogens with two attached hydrogens (primary N) is 1. The van der Waals surface area contributed by atoms with Gasteiger partial charge in [0.25, 0.3) is 0 Å². The molecule has 0 atom stereocenters. The minimum absolute atomic E-state index is 0.113. The summed E-state index contributed by atoms with van der Waals surface area (Å²) in [6, 6.07) is 7.06. The number of ether oxygens (including phenoxy) is 4. The minimum Gasteiger partial charge on any atom is -0.495 e. The van der Waals surface area contributed by atoms with Gasteiger partial charge in [0.2, 0.25) is 5.95 Å². The van der Waals surface area contributed by atoms with Crippen molar-refractivity contribution < 1.29 is 36.9 Å². The lowest BCUT2D eigenvalue weighted by atomic mass is 10.2. The van der Waals surface area contributed by atoms with Crippen molar-refractivity contribution in [2.75, 3.05) is 50.1 Å². The molecule has 0 aliphatic rings. The normalized spacial score (nSPS) is 10.9. The van der Waals surface area contributed by atoms with Crippen LogP contribution in [0.5, 0.6) is 23.0 Å². The van der Waals surface area contributed by atoms with Crippen LogP contribution in [0.3, 0.4) is 0 Å². The molecule has 0 bridgehead atoms. The van der Waals surface area contributed by atoms with Crippen LogP contribution in [0.15, 0.2) is 36.5 Å². The first-order valence-corrected chi connectivity index (χ1v) is 10.1. The van der Waals surface area contributed by atoms with Crippen molar-refractivity contribution in [2.45, 2.75) is 6.18 Å². The number of carbonyl (C=O) groups is 1. The maximum atomic E-state index is 12.7. The number of nitrogen functional groups attached to an aromatic ring is 1. The second-order valence-corrected chi connectivity index (χ2v) is 7.02. The Balaban J connectivity index is 1.94. The average molecular weight is 508 g/mol. The fraction of sp³-hybridized carbons (Fsp3) is 0.227. The van der Waals surface area contributed by atoms with Crippen LogP contribution in [-0.4, -0.2) is 50.5 Å². The van der Waals surface area contributed by atoms with Crippen LogP contribution in [-0.2, 0) is 4.79 Å². The zero-order chi connectivity index (χ0) is 26.5. The molecule has 0 aliphatic heterocycles. The molecule has 0 saturated heterocycles. The van der Waals surface area contributed by atoms with E-state index in [2.05, 4.69) is 20.6 Å². The van der Waals surface area contributed by atoms with Crippen LogP contribution >= 0.6 is 0 Å². The molecule has 2 aromatic carbocycles. The molecule has 1 amide bonds. The highest BCUT2D eigenvalue weighted by molar-refractivity contribution is 5.95. The van der Waals surface area contributed by atoms with Gasteiger partial charge in [-0.3, -0.25) is 4.79 Å². The number of hydrogen-bond donors (Lipinski definition) is 4. The second-order valence-electron chi connectivity index (χ2n) is 7.02. The summed E-state index contributed by atoms with van der Waals surface area (Å²) in [7, 11) is 5.70. The van der Waals surface area contributed by atoms with Gasteiger partial charge in [-0.2, -0.15) is 18.2 Å². The van der Waals surface area contributed by atoms with Crippen molar-refractivity contribution in [3.8, 4) is 23.0 Å². The lowest BCUT2D eigenvalue weighted by Gasteiger charge is -2.17. The Morgan fingerprint density at radius 3 is 2.11 bits per heavy atom. The molecule has 0 aliphatic carbocycles. The zero-order valence-corrected chi connectivity index (χ0v) is 19.6. The van der Waals surface area contributed by atoms with E-state index in [1.165, 1.54) is 52.8 Å². The smallest absolute Gasteiger partial charge is 0.471 e. The monoisotopic (exact) mass is 508 g/mol. The number of amides is 1. The van der Waals surface area contributed by atoms with Crippen molar-refractivity contribution in [3.63, 3.8) is 0 Å². The first-order chi connectivity index (χ1) is 17.1. The van der Waals surface area contributed by atoms with Gasteiger partial charge in [0.05, 0.1) is 51.7 Å². The first kappa shape index (κ1) is 26.0. The highest BCUT2D eigenvalue weighted by Gasteiger charge is 2.38. The summed E-state index contributed by atoms with van der Waals surface area (Å²) in [6.07, 6.45) is -3.67. The minimum atomic E-state index is -5.05. The van der Waals surface area contributed by atoms with Crippen LogP contribution in [0.1, 0.15) is 0 Å². The maximum absolute atomic E-state index is 12.7. The van der Waals surface area contributed by atoms with E-state index >= 15 is 0 Å². The predicted molar refractivity (Wildman–Crippen MR) is 127 cm³/mol. The summed E-state index contributed by atoms with van der Waals surface area (Å²) in [6.45, 7) is 0. The Bertz CT molecular complexity index is 1260. The number of nitrogens with one attached hydrogen (secondary N) is 3.